The van der Waals surface area contributed by atoms with Crippen LogP contribution in [-0.2, 0) is 30.3 Å². The van der Waals surface area contributed by atoms with Crippen molar-refractivity contribution in [2.75, 3.05) is 19.8 Å². The monoisotopic (exact) mass is 405 g/mol. The van der Waals surface area contributed by atoms with Crippen LogP contribution < -0.4 is 10.1 Å². The molecular formula is C18H22F3NO6. The molecule has 0 radical (unpaired) electrons. The average molecular weight is 405 g/mol. The molecule has 7 nitrogen and oxygen atoms in total. The van der Waals surface area contributed by atoms with Crippen LogP contribution >= 0.6 is 0 Å². The van der Waals surface area contributed by atoms with E-state index in [2.05, 4.69) is 10.1 Å². The number of carbonyl (C=O) groups excluding carboxylic acids is 3. The van der Waals surface area contributed by atoms with Crippen LogP contribution in [0, 0.1) is 5.92 Å². The molecule has 0 saturated carbocycles. The fourth-order valence-corrected chi connectivity index (χ4v) is 2.39. The third-order valence-corrected chi connectivity index (χ3v) is 3.55. The molecule has 0 fully saturated rings. The van der Waals surface area contributed by atoms with Crippen LogP contribution in [0.4, 0.5) is 13.2 Å². The fourth-order valence-electron chi connectivity index (χ4n) is 2.39. The van der Waals surface area contributed by atoms with Crippen LogP contribution in [0.5, 0.6) is 5.75 Å². The van der Waals surface area contributed by atoms with Crippen molar-refractivity contribution in [1.82, 2.24) is 5.32 Å². The summed E-state index contributed by atoms with van der Waals surface area (Å²) in [5.41, 5.74) is 0.553. The Hall–Kier alpha value is -2.78. The number of esters is 2. The summed E-state index contributed by atoms with van der Waals surface area (Å²) in [6.07, 6.45) is -4.07. The van der Waals surface area contributed by atoms with Gasteiger partial charge in [0.15, 0.2) is 12.5 Å². The highest BCUT2D eigenvalue weighted by molar-refractivity contribution is 5.96. The Kier molecular flexibility index (Phi) is 9.26. The van der Waals surface area contributed by atoms with E-state index in [-0.39, 0.29) is 25.4 Å². The topological polar surface area (TPSA) is 90.9 Å². The van der Waals surface area contributed by atoms with Gasteiger partial charge in [-0.2, -0.15) is 13.2 Å². The predicted molar refractivity (Wildman–Crippen MR) is 91.4 cm³/mol. The summed E-state index contributed by atoms with van der Waals surface area (Å²) in [6, 6.07) is 4.63. The number of ether oxygens (including phenoxy) is 3. The maximum Gasteiger partial charge on any atom is 0.422 e. The smallest absolute Gasteiger partial charge is 0.422 e. The molecule has 0 bridgehead atoms. The summed E-state index contributed by atoms with van der Waals surface area (Å²) in [6.45, 7) is 1.79. The molecule has 1 rings (SSSR count). The largest absolute Gasteiger partial charge is 0.484 e. The SMILES string of the molecule is CCOC(=O)C(C(=O)OCC)C(Cc1ccc(OCC(F)(F)F)cc1)NC=O. The predicted octanol–water partition coefficient (Wildman–Crippen LogP) is 2.03. The minimum Gasteiger partial charge on any atom is -0.484 e. The van der Waals surface area contributed by atoms with Gasteiger partial charge in [0.05, 0.1) is 19.3 Å². The van der Waals surface area contributed by atoms with Crippen molar-refractivity contribution < 1.29 is 41.8 Å². The Bertz CT molecular complexity index is 630. The van der Waals surface area contributed by atoms with Crippen LogP contribution in [0.3, 0.4) is 0 Å². The summed E-state index contributed by atoms with van der Waals surface area (Å²) < 4.78 is 51.0. The first kappa shape index (κ1) is 23.3. The van der Waals surface area contributed by atoms with Crippen molar-refractivity contribution in [3.8, 4) is 5.75 Å². The number of alkyl halides is 3. The molecule has 1 aromatic carbocycles. The molecule has 0 heterocycles. The highest BCUT2D eigenvalue weighted by atomic mass is 19.4. The van der Waals surface area contributed by atoms with Gasteiger partial charge in [0, 0.05) is 0 Å². The van der Waals surface area contributed by atoms with Crippen molar-refractivity contribution >= 4 is 18.3 Å². The molecule has 1 atom stereocenters. The van der Waals surface area contributed by atoms with Gasteiger partial charge in [0.2, 0.25) is 6.41 Å². The third kappa shape index (κ3) is 7.85. The molecule has 1 N–H and O–H groups in total. The number of rotatable bonds is 11. The van der Waals surface area contributed by atoms with E-state index >= 15 is 0 Å². The molecule has 0 saturated heterocycles. The highest BCUT2D eigenvalue weighted by Crippen LogP contribution is 2.21. The van der Waals surface area contributed by atoms with E-state index in [9.17, 15) is 27.6 Å². The highest BCUT2D eigenvalue weighted by Gasteiger charge is 2.37. The number of carbonyl (C=O) groups is 3. The maximum absolute atomic E-state index is 12.2. The van der Waals surface area contributed by atoms with Crippen molar-refractivity contribution in [2.24, 2.45) is 5.92 Å². The first-order chi connectivity index (χ1) is 13.2. The lowest BCUT2D eigenvalue weighted by Gasteiger charge is -2.23. The van der Waals surface area contributed by atoms with E-state index in [1.165, 1.54) is 24.3 Å². The summed E-state index contributed by atoms with van der Waals surface area (Å²) >= 11 is 0. The van der Waals surface area contributed by atoms with Gasteiger partial charge in [0.1, 0.15) is 5.75 Å². The molecule has 10 heteroatoms. The first-order valence-corrected chi connectivity index (χ1v) is 8.53. The molecule has 1 amide bonds. The second kappa shape index (κ2) is 11.2. The molecule has 156 valence electrons. The van der Waals surface area contributed by atoms with Gasteiger partial charge in [-0.3, -0.25) is 14.4 Å². The summed E-state index contributed by atoms with van der Waals surface area (Å²) in [4.78, 5) is 35.3. The number of hydrogen-bond donors (Lipinski definition) is 1. The van der Waals surface area contributed by atoms with Gasteiger partial charge >= 0.3 is 18.1 Å². The fraction of sp³-hybridized carbons (Fsp3) is 0.500. The standard InChI is InChI=1S/C18H22F3NO6/c1-3-26-16(24)15(17(25)27-4-2)14(22-11-23)9-12-5-7-13(8-6-12)28-10-18(19,20)21/h5-8,11,14-15H,3-4,9-10H2,1-2H3,(H,22,23). The molecule has 28 heavy (non-hydrogen) atoms. The Labute approximate surface area is 160 Å². The van der Waals surface area contributed by atoms with Gasteiger partial charge in [-0.05, 0) is 38.0 Å². The molecular weight excluding hydrogens is 383 g/mol. The Morgan fingerprint density at radius 3 is 2.04 bits per heavy atom. The van der Waals surface area contributed by atoms with E-state index in [4.69, 9.17) is 9.47 Å². The van der Waals surface area contributed by atoms with Crippen molar-refractivity contribution in [1.29, 1.82) is 0 Å². The first-order valence-electron chi connectivity index (χ1n) is 8.53. The molecule has 0 aliphatic carbocycles. The molecule has 0 aliphatic heterocycles. The molecule has 0 aliphatic rings. The zero-order valence-corrected chi connectivity index (χ0v) is 15.5. The lowest BCUT2D eigenvalue weighted by molar-refractivity contribution is -0.163. The number of amides is 1. The average Bonchev–Trinajstić information content (AvgIpc) is 2.61. The van der Waals surface area contributed by atoms with E-state index < -0.39 is 36.7 Å². The maximum atomic E-state index is 12.2. The summed E-state index contributed by atoms with van der Waals surface area (Å²) in [7, 11) is 0. The van der Waals surface area contributed by atoms with E-state index in [1.54, 1.807) is 13.8 Å². The number of nitrogens with one attached hydrogen (secondary N) is 1. The van der Waals surface area contributed by atoms with Gasteiger partial charge < -0.3 is 19.5 Å². The molecule has 0 spiro atoms. The lowest BCUT2D eigenvalue weighted by Crippen LogP contribution is -2.46. The number of halogens is 3. The Balaban J connectivity index is 2.94. The van der Waals surface area contributed by atoms with E-state index in [0.29, 0.717) is 12.0 Å². The quantitative estimate of drug-likeness (QED) is 0.344. The minimum absolute atomic E-state index is 0.00769. The minimum atomic E-state index is -4.45. The zero-order chi connectivity index (χ0) is 21.2. The van der Waals surface area contributed by atoms with E-state index in [1.807, 2.05) is 0 Å². The number of benzene rings is 1. The van der Waals surface area contributed by atoms with Gasteiger partial charge in [-0.1, -0.05) is 12.1 Å². The van der Waals surface area contributed by atoms with Gasteiger partial charge in [-0.25, -0.2) is 0 Å². The number of hydrogen-bond acceptors (Lipinski definition) is 6. The van der Waals surface area contributed by atoms with Crippen LogP contribution in [-0.4, -0.2) is 50.4 Å². The summed E-state index contributed by atoms with van der Waals surface area (Å²) in [5, 5.41) is 2.41. The molecule has 1 unspecified atom stereocenters. The van der Waals surface area contributed by atoms with Crippen LogP contribution in [0.1, 0.15) is 19.4 Å². The van der Waals surface area contributed by atoms with E-state index in [0.717, 1.165) is 0 Å². The second-order valence-corrected chi connectivity index (χ2v) is 5.62. The van der Waals surface area contributed by atoms with Crippen molar-refractivity contribution in [3.05, 3.63) is 29.8 Å². The zero-order valence-electron chi connectivity index (χ0n) is 15.5. The molecule has 0 aromatic heterocycles. The van der Waals surface area contributed by atoms with Gasteiger partial charge in [0.25, 0.3) is 0 Å². The van der Waals surface area contributed by atoms with Crippen LogP contribution in [0.15, 0.2) is 24.3 Å². The van der Waals surface area contributed by atoms with Crippen molar-refractivity contribution in [2.45, 2.75) is 32.5 Å². The lowest BCUT2D eigenvalue weighted by atomic mass is 9.93. The van der Waals surface area contributed by atoms with Crippen molar-refractivity contribution in [3.63, 3.8) is 0 Å². The molecule has 1 aromatic rings. The van der Waals surface area contributed by atoms with Crippen LogP contribution in [0.25, 0.3) is 0 Å². The van der Waals surface area contributed by atoms with Gasteiger partial charge in [-0.15, -0.1) is 0 Å². The normalized spacial score (nSPS) is 12.2. The summed E-state index contributed by atoms with van der Waals surface area (Å²) in [5.74, 6) is -3.06. The Morgan fingerprint density at radius 2 is 1.61 bits per heavy atom. The second-order valence-electron chi connectivity index (χ2n) is 5.62. The third-order valence-electron chi connectivity index (χ3n) is 3.55. The van der Waals surface area contributed by atoms with Crippen LogP contribution in [0.2, 0.25) is 0 Å². The Morgan fingerprint density at radius 1 is 1.07 bits per heavy atom.